The lowest BCUT2D eigenvalue weighted by Gasteiger charge is -2.13. The van der Waals surface area contributed by atoms with Crippen LogP contribution < -0.4 is 0 Å². The van der Waals surface area contributed by atoms with Crippen LogP contribution in [-0.4, -0.2) is 21.3 Å². The number of fused-ring (bicyclic) bond motifs is 3. The summed E-state index contributed by atoms with van der Waals surface area (Å²) in [4.78, 5) is 30.4. The lowest BCUT2D eigenvalue weighted by atomic mass is 9.99. The van der Waals surface area contributed by atoms with Crippen molar-refractivity contribution in [3.63, 3.8) is 0 Å². The van der Waals surface area contributed by atoms with Gasteiger partial charge in [-0.2, -0.15) is 0 Å². The third-order valence-electron chi connectivity index (χ3n) is 4.64. The number of allylic oxidation sites excluding steroid dienone is 3. The molecule has 2 aliphatic rings. The largest absolute Gasteiger partial charge is 0.286 e. The van der Waals surface area contributed by atoms with Gasteiger partial charge in [0.05, 0.1) is 38.6 Å². The van der Waals surface area contributed by atoms with Crippen LogP contribution in [0.2, 0.25) is 0 Å². The molecule has 1 aliphatic heterocycles. The smallest absolute Gasteiger partial charge is 0.258 e. The van der Waals surface area contributed by atoms with Crippen LogP contribution >= 0.6 is 0 Å². The Morgan fingerprint density at radius 3 is 2.45 bits per heavy atom. The summed E-state index contributed by atoms with van der Waals surface area (Å²) in [6, 6.07) is 6.42. The summed E-state index contributed by atoms with van der Waals surface area (Å²) in [6.07, 6.45) is 3.32. The maximum absolute atomic E-state index is 13.4. The molecular weight excluding hydrogens is 379 g/mol. The fraction of sp³-hybridized carbons (Fsp3) is 0.100. The summed E-state index contributed by atoms with van der Waals surface area (Å²) in [5.41, 5.74) is 2.94. The molecule has 2 aromatic carbocycles. The Balaban J connectivity index is 1.91. The molecule has 8 nitrogen and oxygen atoms in total. The highest BCUT2D eigenvalue weighted by atomic mass is 19.1. The molecule has 144 valence electrons. The molecule has 2 aromatic rings. The molecule has 9 heteroatoms. The van der Waals surface area contributed by atoms with Crippen molar-refractivity contribution in [3.8, 4) is 0 Å². The number of non-ortho nitro benzene ring substituents is 1. The Hall–Kier alpha value is -4.01. The number of aliphatic imine (C=N–C) groups is 2. The standard InChI is InChI=1S/C20H13FN4O4/c1-10-5-13(21)3-4-16(10)23-17-6-11(2)22-20-15(17)8-12-7-14(24(26)27)9-18(19(12)20)25(28)29/h3-9H,1-2H3. The highest BCUT2D eigenvalue weighted by molar-refractivity contribution is 6.41. The van der Waals surface area contributed by atoms with Crippen molar-refractivity contribution < 1.29 is 14.2 Å². The van der Waals surface area contributed by atoms with Crippen molar-refractivity contribution in [3.05, 3.63) is 90.4 Å². The molecule has 1 heterocycles. The van der Waals surface area contributed by atoms with Gasteiger partial charge in [-0.15, -0.1) is 0 Å². The lowest BCUT2D eigenvalue weighted by molar-refractivity contribution is -0.394. The molecule has 0 aromatic heterocycles. The quantitative estimate of drug-likeness (QED) is 0.550. The highest BCUT2D eigenvalue weighted by Gasteiger charge is 2.35. The molecule has 4 rings (SSSR count). The first-order valence-electron chi connectivity index (χ1n) is 8.56. The van der Waals surface area contributed by atoms with Gasteiger partial charge in [-0.1, -0.05) is 0 Å². The number of nitrogens with zero attached hydrogens (tertiary/aromatic N) is 4. The topological polar surface area (TPSA) is 111 Å². The molecule has 0 atom stereocenters. The zero-order chi connectivity index (χ0) is 20.9. The highest BCUT2D eigenvalue weighted by Crippen LogP contribution is 2.39. The number of aryl methyl sites for hydroxylation is 1. The number of rotatable bonds is 3. The van der Waals surface area contributed by atoms with Gasteiger partial charge >= 0.3 is 0 Å². The average Bonchev–Trinajstić information content (AvgIpc) is 3.01. The lowest BCUT2D eigenvalue weighted by Crippen LogP contribution is -2.15. The van der Waals surface area contributed by atoms with E-state index in [-0.39, 0.29) is 22.8 Å². The molecule has 29 heavy (non-hydrogen) atoms. The molecule has 0 saturated carbocycles. The van der Waals surface area contributed by atoms with Crippen LogP contribution in [0.15, 0.2) is 57.7 Å². The van der Waals surface area contributed by atoms with Crippen molar-refractivity contribution >= 4 is 34.6 Å². The Morgan fingerprint density at radius 1 is 1.03 bits per heavy atom. The van der Waals surface area contributed by atoms with Crippen LogP contribution in [0.5, 0.6) is 0 Å². The number of benzene rings is 2. The molecule has 0 spiro atoms. The molecule has 0 radical (unpaired) electrons. The van der Waals surface area contributed by atoms with Crippen LogP contribution in [0, 0.1) is 33.0 Å². The Kier molecular flexibility index (Phi) is 4.15. The van der Waals surface area contributed by atoms with E-state index < -0.39 is 9.85 Å². The number of nitro benzene ring substituents is 2. The van der Waals surface area contributed by atoms with E-state index in [0.29, 0.717) is 39.5 Å². The minimum Gasteiger partial charge on any atom is -0.258 e. The van der Waals surface area contributed by atoms with Crippen molar-refractivity contribution in [2.24, 2.45) is 9.98 Å². The zero-order valence-corrected chi connectivity index (χ0v) is 15.3. The van der Waals surface area contributed by atoms with Gasteiger partial charge in [-0.25, -0.2) is 9.38 Å². The predicted molar refractivity (Wildman–Crippen MR) is 106 cm³/mol. The average molecular weight is 392 g/mol. The van der Waals surface area contributed by atoms with Crippen LogP contribution in [0.25, 0.3) is 6.08 Å². The van der Waals surface area contributed by atoms with Gasteiger partial charge in [0.15, 0.2) is 0 Å². The van der Waals surface area contributed by atoms with Crippen LogP contribution in [-0.2, 0) is 0 Å². The van der Waals surface area contributed by atoms with Crippen LogP contribution in [0.3, 0.4) is 0 Å². The van der Waals surface area contributed by atoms with Crippen molar-refractivity contribution in [2.45, 2.75) is 13.8 Å². The molecule has 0 bridgehead atoms. The third kappa shape index (κ3) is 3.12. The van der Waals surface area contributed by atoms with E-state index in [1.54, 1.807) is 32.1 Å². The summed E-state index contributed by atoms with van der Waals surface area (Å²) in [7, 11) is 0. The van der Waals surface area contributed by atoms with Gasteiger partial charge in [-0.3, -0.25) is 25.2 Å². The summed E-state index contributed by atoms with van der Waals surface area (Å²) in [5, 5.41) is 22.7. The molecule has 0 N–H and O–H groups in total. The fourth-order valence-corrected chi connectivity index (χ4v) is 3.38. The Bertz CT molecular complexity index is 1240. The first-order valence-corrected chi connectivity index (χ1v) is 8.56. The van der Waals surface area contributed by atoms with E-state index >= 15 is 0 Å². The summed E-state index contributed by atoms with van der Waals surface area (Å²) in [6.45, 7) is 3.45. The summed E-state index contributed by atoms with van der Waals surface area (Å²) < 4.78 is 13.4. The van der Waals surface area contributed by atoms with E-state index in [1.165, 1.54) is 18.2 Å². The first-order chi connectivity index (χ1) is 13.7. The van der Waals surface area contributed by atoms with E-state index in [2.05, 4.69) is 9.98 Å². The minimum absolute atomic E-state index is 0.228. The van der Waals surface area contributed by atoms with Crippen molar-refractivity contribution in [1.82, 2.24) is 0 Å². The SMILES string of the molecule is CC1=CC(=Nc2ccc(F)cc2C)C2=Cc3cc([N+](=O)[O-])cc([N+](=O)[O-])c3C2=N1. The van der Waals surface area contributed by atoms with Crippen molar-refractivity contribution in [1.29, 1.82) is 0 Å². The normalized spacial score (nSPS) is 16.0. The van der Waals surface area contributed by atoms with Gasteiger partial charge in [0.2, 0.25) is 0 Å². The number of hydrogen-bond acceptors (Lipinski definition) is 6. The second kappa shape index (κ2) is 6.55. The molecular formula is C20H13FN4O4. The number of nitro groups is 2. The van der Waals surface area contributed by atoms with E-state index in [4.69, 9.17) is 0 Å². The second-order valence-electron chi connectivity index (χ2n) is 6.68. The number of halogens is 1. The maximum Gasteiger partial charge on any atom is 0.286 e. The Labute approximate surface area is 163 Å². The predicted octanol–water partition coefficient (Wildman–Crippen LogP) is 4.83. The fourth-order valence-electron chi connectivity index (χ4n) is 3.38. The summed E-state index contributed by atoms with van der Waals surface area (Å²) in [5.74, 6) is -0.375. The molecule has 0 amide bonds. The molecule has 0 saturated heterocycles. The molecule has 1 aliphatic carbocycles. The van der Waals surface area contributed by atoms with E-state index in [1.807, 2.05) is 0 Å². The number of hydrogen-bond donors (Lipinski definition) is 0. The maximum atomic E-state index is 13.4. The van der Waals surface area contributed by atoms with Gasteiger partial charge in [0.1, 0.15) is 5.82 Å². The van der Waals surface area contributed by atoms with E-state index in [9.17, 15) is 24.6 Å². The van der Waals surface area contributed by atoms with Crippen LogP contribution in [0.1, 0.15) is 23.6 Å². The van der Waals surface area contributed by atoms with Gasteiger partial charge in [0, 0.05) is 17.3 Å². The Morgan fingerprint density at radius 2 is 1.79 bits per heavy atom. The minimum atomic E-state index is -0.671. The van der Waals surface area contributed by atoms with Crippen LogP contribution in [0.4, 0.5) is 21.5 Å². The monoisotopic (exact) mass is 392 g/mol. The molecule has 0 unspecified atom stereocenters. The summed E-state index contributed by atoms with van der Waals surface area (Å²) >= 11 is 0. The van der Waals surface area contributed by atoms with Gasteiger partial charge in [-0.05, 0) is 55.3 Å². The molecule has 0 fully saturated rings. The third-order valence-corrected chi connectivity index (χ3v) is 4.64. The van der Waals surface area contributed by atoms with Gasteiger partial charge < -0.3 is 0 Å². The van der Waals surface area contributed by atoms with Crippen molar-refractivity contribution in [2.75, 3.05) is 0 Å². The zero-order valence-electron chi connectivity index (χ0n) is 15.3. The second-order valence-corrected chi connectivity index (χ2v) is 6.68. The first kappa shape index (κ1) is 18.4. The van der Waals surface area contributed by atoms with Gasteiger partial charge in [0.25, 0.3) is 11.4 Å². The van der Waals surface area contributed by atoms with E-state index in [0.717, 1.165) is 6.07 Å².